The Morgan fingerprint density at radius 2 is 2.32 bits per heavy atom. The molecular weight excluding hydrogens is 310 g/mol. The van der Waals surface area contributed by atoms with Crippen LogP contribution in [0.25, 0.3) is 0 Å². The van der Waals surface area contributed by atoms with E-state index in [4.69, 9.17) is 15.7 Å². The quantitative estimate of drug-likeness (QED) is 0.741. The van der Waals surface area contributed by atoms with Gasteiger partial charge in [0.25, 0.3) is 5.91 Å². The number of rotatable bonds is 7. The van der Waals surface area contributed by atoms with Crippen LogP contribution in [0.1, 0.15) is 12.0 Å². The van der Waals surface area contributed by atoms with Crippen molar-refractivity contribution in [2.75, 3.05) is 19.7 Å². The van der Waals surface area contributed by atoms with E-state index < -0.39 is 0 Å². The number of carbonyl (C=O) groups excluding carboxylic acids is 1. The molecule has 0 bridgehead atoms. The lowest BCUT2D eigenvalue weighted by Crippen LogP contribution is -2.29. The van der Waals surface area contributed by atoms with Crippen molar-refractivity contribution in [3.63, 3.8) is 0 Å². The molecule has 0 heterocycles. The first-order valence-electron chi connectivity index (χ1n) is 5.92. The minimum atomic E-state index is -0.239. The normalized spacial score (nSPS) is 9.74. The van der Waals surface area contributed by atoms with Crippen molar-refractivity contribution in [2.45, 2.75) is 12.8 Å². The van der Waals surface area contributed by atoms with E-state index in [2.05, 4.69) is 21.2 Å². The third kappa shape index (κ3) is 5.73. The summed E-state index contributed by atoms with van der Waals surface area (Å²) in [6.07, 6.45) is 0.979. The topological polar surface area (TPSA) is 88.1 Å². The Morgan fingerprint density at radius 3 is 3.00 bits per heavy atom. The molecule has 0 atom stereocenters. The van der Waals surface area contributed by atoms with Crippen LogP contribution in [-0.4, -0.2) is 25.6 Å². The second-order valence-corrected chi connectivity index (χ2v) is 4.75. The van der Waals surface area contributed by atoms with E-state index in [1.807, 2.05) is 18.2 Å². The van der Waals surface area contributed by atoms with Crippen LogP contribution in [0.5, 0.6) is 5.75 Å². The second-order valence-electron chi connectivity index (χ2n) is 3.84. The van der Waals surface area contributed by atoms with Gasteiger partial charge in [0.1, 0.15) is 5.75 Å². The monoisotopic (exact) mass is 325 g/mol. The molecule has 0 aliphatic rings. The summed E-state index contributed by atoms with van der Waals surface area (Å²) in [5, 5.41) is 11.0. The van der Waals surface area contributed by atoms with Gasteiger partial charge in [-0.15, -0.1) is 0 Å². The number of nitrogens with zero attached hydrogens (tertiary/aromatic N) is 1. The Bertz CT molecular complexity index is 471. The predicted molar refractivity (Wildman–Crippen MR) is 75.6 cm³/mol. The maximum Gasteiger partial charge on any atom is 0.257 e. The number of benzene rings is 1. The van der Waals surface area contributed by atoms with Crippen LogP contribution in [-0.2, 0) is 11.2 Å². The SMILES string of the molecule is N#CCCNC(=O)COc1ccc(Br)cc1CCN. The Hall–Kier alpha value is -1.58. The Labute approximate surface area is 120 Å². The van der Waals surface area contributed by atoms with Crippen LogP contribution >= 0.6 is 15.9 Å². The van der Waals surface area contributed by atoms with E-state index in [9.17, 15) is 4.79 Å². The summed E-state index contributed by atoms with van der Waals surface area (Å²) in [4.78, 5) is 11.4. The van der Waals surface area contributed by atoms with Gasteiger partial charge in [0, 0.05) is 11.0 Å². The summed E-state index contributed by atoms with van der Waals surface area (Å²) in [7, 11) is 0. The molecule has 0 saturated carbocycles. The Kier molecular flexibility index (Phi) is 6.93. The van der Waals surface area contributed by atoms with Gasteiger partial charge in [0.05, 0.1) is 12.5 Å². The van der Waals surface area contributed by atoms with Gasteiger partial charge in [-0.2, -0.15) is 5.26 Å². The summed E-state index contributed by atoms with van der Waals surface area (Å²) >= 11 is 3.38. The summed E-state index contributed by atoms with van der Waals surface area (Å²) in [6, 6.07) is 7.53. The first-order chi connectivity index (χ1) is 9.17. The molecule has 1 aromatic rings. The van der Waals surface area contributed by atoms with Crippen molar-refractivity contribution in [2.24, 2.45) is 5.73 Å². The molecule has 5 nitrogen and oxygen atoms in total. The molecule has 0 aliphatic carbocycles. The number of hydrogen-bond donors (Lipinski definition) is 2. The maximum absolute atomic E-state index is 11.4. The summed E-state index contributed by atoms with van der Waals surface area (Å²) in [6.45, 7) is 0.792. The highest BCUT2D eigenvalue weighted by atomic mass is 79.9. The number of nitrogens with two attached hydrogens (primary N) is 1. The smallest absolute Gasteiger partial charge is 0.257 e. The fraction of sp³-hybridized carbons (Fsp3) is 0.385. The fourth-order valence-corrected chi connectivity index (χ4v) is 1.90. The lowest BCUT2D eigenvalue weighted by Gasteiger charge is -2.11. The third-order valence-corrected chi connectivity index (χ3v) is 2.85. The number of nitriles is 1. The molecule has 1 amide bonds. The van der Waals surface area contributed by atoms with Gasteiger partial charge in [-0.25, -0.2) is 0 Å². The second kappa shape index (κ2) is 8.51. The summed E-state index contributed by atoms with van der Waals surface area (Å²) in [5.41, 5.74) is 6.50. The van der Waals surface area contributed by atoms with Gasteiger partial charge in [-0.05, 0) is 36.7 Å². The van der Waals surface area contributed by atoms with Crippen molar-refractivity contribution < 1.29 is 9.53 Å². The van der Waals surface area contributed by atoms with E-state index in [-0.39, 0.29) is 12.5 Å². The average Bonchev–Trinajstić information content (AvgIpc) is 2.38. The molecule has 0 unspecified atom stereocenters. The molecule has 0 saturated heterocycles. The van der Waals surface area contributed by atoms with E-state index in [1.165, 1.54) is 0 Å². The molecule has 0 aromatic heterocycles. The highest BCUT2D eigenvalue weighted by Crippen LogP contribution is 2.23. The zero-order chi connectivity index (χ0) is 14.1. The molecule has 1 aromatic carbocycles. The van der Waals surface area contributed by atoms with E-state index in [1.54, 1.807) is 6.07 Å². The largest absolute Gasteiger partial charge is 0.483 e. The molecule has 0 radical (unpaired) electrons. The maximum atomic E-state index is 11.4. The van der Waals surface area contributed by atoms with Gasteiger partial charge < -0.3 is 15.8 Å². The van der Waals surface area contributed by atoms with Crippen molar-refractivity contribution in [3.05, 3.63) is 28.2 Å². The van der Waals surface area contributed by atoms with Crippen molar-refractivity contribution in [1.82, 2.24) is 5.32 Å². The molecular formula is C13H16BrN3O2. The van der Waals surface area contributed by atoms with Gasteiger partial charge in [-0.3, -0.25) is 4.79 Å². The molecule has 1 rings (SSSR count). The van der Waals surface area contributed by atoms with Gasteiger partial charge in [-0.1, -0.05) is 15.9 Å². The van der Waals surface area contributed by atoms with Crippen LogP contribution in [0.4, 0.5) is 0 Å². The van der Waals surface area contributed by atoms with Crippen LogP contribution in [0.15, 0.2) is 22.7 Å². The van der Waals surface area contributed by atoms with Crippen LogP contribution < -0.4 is 15.8 Å². The zero-order valence-electron chi connectivity index (χ0n) is 10.5. The zero-order valence-corrected chi connectivity index (χ0v) is 12.1. The Morgan fingerprint density at radius 1 is 1.53 bits per heavy atom. The van der Waals surface area contributed by atoms with Crippen LogP contribution in [0.3, 0.4) is 0 Å². The molecule has 102 valence electrons. The summed E-state index contributed by atoms with van der Waals surface area (Å²) < 4.78 is 6.41. The predicted octanol–water partition coefficient (Wildman–Crippen LogP) is 1.36. The van der Waals surface area contributed by atoms with Gasteiger partial charge in [0.2, 0.25) is 0 Å². The van der Waals surface area contributed by atoms with Crippen molar-refractivity contribution >= 4 is 21.8 Å². The Balaban J connectivity index is 2.52. The molecule has 6 heteroatoms. The highest BCUT2D eigenvalue weighted by Gasteiger charge is 2.07. The first-order valence-corrected chi connectivity index (χ1v) is 6.71. The van der Waals surface area contributed by atoms with E-state index in [0.717, 1.165) is 10.0 Å². The molecule has 3 N–H and O–H groups in total. The number of halogens is 1. The van der Waals surface area contributed by atoms with Gasteiger partial charge in [0.15, 0.2) is 6.61 Å². The number of hydrogen-bond acceptors (Lipinski definition) is 4. The van der Waals surface area contributed by atoms with Crippen LogP contribution in [0, 0.1) is 11.3 Å². The minimum Gasteiger partial charge on any atom is -0.483 e. The lowest BCUT2D eigenvalue weighted by molar-refractivity contribution is -0.123. The van der Waals surface area contributed by atoms with Crippen molar-refractivity contribution in [1.29, 1.82) is 5.26 Å². The fourth-order valence-electron chi connectivity index (χ4n) is 1.49. The van der Waals surface area contributed by atoms with Crippen molar-refractivity contribution in [3.8, 4) is 11.8 Å². The minimum absolute atomic E-state index is 0.0648. The highest BCUT2D eigenvalue weighted by molar-refractivity contribution is 9.10. The van der Waals surface area contributed by atoms with Gasteiger partial charge >= 0.3 is 0 Å². The summed E-state index contributed by atoms with van der Waals surface area (Å²) in [5.74, 6) is 0.418. The van der Waals surface area contributed by atoms with E-state index >= 15 is 0 Å². The number of carbonyl (C=O) groups is 1. The third-order valence-electron chi connectivity index (χ3n) is 2.35. The van der Waals surface area contributed by atoms with Crippen LogP contribution in [0.2, 0.25) is 0 Å². The molecule has 0 spiro atoms. The molecule has 0 fully saturated rings. The standard InChI is InChI=1S/C13H16BrN3O2/c14-11-2-3-12(10(8-11)4-6-16)19-9-13(18)17-7-1-5-15/h2-3,8H,1,4,6-7,9,16H2,(H,17,18). The van der Waals surface area contributed by atoms with E-state index in [0.29, 0.717) is 31.7 Å². The number of ether oxygens (including phenoxy) is 1. The average molecular weight is 326 g/mol. The molecule has 0 aliphatic heterocycles. The molecule has 19 heavy (non-hydrogen) atoms. The number of amides is 1. The first kappa shape index (κ1) is 15.5. The lowest BCUT2D eigenvalue weighted by atomic mass is 10.1. The number of nitrogens with one attached hydrogen (secondary N) is 1.